The zero-order valence-corrected chi connectivity index (χ0v) is 15.5. The summed E-state index contributed by atoms with van der Waals surface area (Å²) in [4.78, 5) is 12.5. The number of rotatable bonds is 6. The van der Waals surface area contributed by atoms with Gasteiger partial charge in [0.15, 0.2) is 0 Å². The normalized spacial score (nSPS) is 19.1. The maximum Gasteiger partial charge on any atom is 0.243 e. The highest BCUT2D eigenvalue weighted by Crippen LogP contribution is 2.26. The number of ether oxygens (including phenoxy) is 1. The van der Waals surface area contributed by atoms with Gasteiger partial charge >= 0.3 is 0 Å². The summed E-state index contributed by atoms with van der Waals surface area (Å²) in [6.07, 6.45) is 3.06. The van der Waals surface area contributed by atoms with E-state index < -0.39 is 16.1 Å². The van der Waals surface area contributed by atoms with Crippen molar-refractivity contribution in [2.24, 2.45) is 0 Å². The Balaban J connectivity index is 2.20. The molecule has 0 aliphatic carbocycles. The molecule has 24 heavy (non-hydrogen) atoms. The molecular weight excluding hydrogens is 328 g/mol. The average molecular weight is 354 g/mol. The van der Waals surface area contributed by atoms with Crippen LogP contribution < -0.4 is 9.62 Å². The van der Waals surface area contributed by atoms with Crippen LogP contribution in [-0.4, -0.2) is 45.9 Å². The number of benzene rings is 1. The molecule has 6 nitrogen and oxygen atoms in total. The molecule has 7 heteroatoms. The summed E-state index contributed by atoms with van der Waals surface area (Å²) in [6, 6.07) is 4.74. The summed E-state index contributed by atoms with van der Waals surface area (Å²) in [5, 5.41) is 2.81. The second kappa shape index (κ2) is 7.53. The second-order valence-electron chi connectivity index (χ2n) is 6.40. The monoisotopic (exact) mass is 354 g/mol. The van der Waals surface area contributed by atoms with Gasteiger partial charge in [-0.2, -0.15) is 0 Å². The molecule has 1 amide bonds. The predicted octanol–water partition coefficient (Wildman–Crippen LogP) is 1.75. The van der Waals surface area contributed by atoms with Crippen LogP contribution in [0.3, 0.4) is 0 Å². The molecule has 1 aliphatic heterocycles. The topological polar surface area (TPSA) is 75.7 Å². The van der Waals surface area contributed by atoms with Gasteiger partial charge in [0.05, 0.1) is 18.0 Å². The largest absolute Gasteiger partial charge is 0.376 e. The number of aryl methyl sites for hydroxylation is 2. The first-order valence-electron chi connectivity index (χ1n) is 8.16. The molecule has 1 saturated heterocycles. The molecule has 1 aromatic rings. The van der Waals surface area contributed by atoms with Crippen LogP contribution in [0.25, 0.3) is 0 Å². The van der Waals surface area contributed by atoms with Gasteiger partial charge < -0.3 is 10.1 Å². The molecular formula is C17H26N2O4S. The van der Waals surface area contributed by atoms with Crippen molar-refractivity contribution in [3.05, 3.63) is 29.3 Å². The minimum Gasteiger partial charge on any atom is -0.376 e. The van der Waals surface area contributed by atoms with E-state index in [0.29, 0.717) is 18.8 Å². The van der Waals surface area contributed by atoms with Crippen molar-refractivity contribution < 1.29 is 17.9 Å². The first-order chi connectivity index (χ1) is 11.2. The fourth-order valence-electron chi connectivity index (χ4n) is 2.91. The van der Waals surface area contributed by atoms with Crippen molar-refractivity contribution in [1.82, 2.24) is 5.32 Å². The quantitative estimate of drug-likeness (QED) is 0.844. The van der Waals surface area contributed by atoms with Crippen LogP contribution in [0.1, 0.15) is 30.9 Å². The summed E-state index contributed by atoms with van der Waals surface area (Å²) in [7, 11) is -3.60. The Hall–Kier alpha value is -1.60. The van der Waals surface area contributed by atoms with Crippen LogP contribution in [0.2, 0.25) is 0 Å². The Bertz CT molecular complexity index is 697. The third-order valence-electron chi connectivity index (χ3n) is 4.22. The maximum atomic E-state index is 12.5. The Labute approximate surface area is 144 Å². The molecule has 0 bridgehead atoms. The number of nitrogens with zero attached hydrogens (tertiary/aromatic N) is 1. The third kappa shape index (κ3) is 4.48. The molecule has 0 unspecified atom stereocenters. The Morgan fingerprint density at radius 2 is 2.12 bits per heavy atom. The van der Waals surface area contributed by atoms with Gasteiger partial charge in [0.1, 0.15) is 6.04 Å². The van der Waals surface area contributed by atoms with E-state index in [1.807, 2.05) is 26.0 Å². The molecule has 1 N–H and O–H groups in total. The van der Waals surface area contributed by atoms with Crippen LogP contribution >= 0.6 is 0 Å². The van der Waals surface area contributed by atoms with Crippen LogP contribution in [-0.2, 0) is 19.6 Å². The number of carbonyl (C=O) groups is 1. The summed E-state index contributed by atoms with van der Waals surface area (Å²) >= 11 is 0. The molecule has 2 atom stereocenters. The molecule has 0 spiro atoms. The average Bonchev–Trinajstić information content (AvgIpc) is 3.00. The van der Waals surface area contributed by atoms with Crippen molar-refractivity contribution in [2.45, 2.75) is 45.8 Å². The lowest BCUT2D eigenvalue weighted by Gasteiger charge is -2.30. The maximum absolute atomic E-state index is 12.5. The smallest absolute Gasteiger partial charge is 0.243 e. The van der Waals surface area contributed by atoms with Crippen LogP contribution in [0.5, 0.6) is 0 Å². The van der Waals surface area contributed by atoms with E-state index in [-0.39, 0.29) is 12.0 Å². The summed E-state index contributed by atoms with van der Waals surface area (Å²) < 4.78 is 31.3. The minimum absolute atomic E-state index is 0.0218. The molecule has 0 radical (unpaired) electrons. The number of nitrogens with one attached hydrogen (secondary N) is 1. The highest BCUT2D eigenvalue weighted by atomic mass is 32.2. The lowest BCUT2D eigenvalue weighted by molar-refractivity contribution is -0.122. The number of sulfonamides is 1. The number of carbonyl (C=O) groups excluding carboxylic acids is 1. The SMILES string of the molecule is Cc1ccc(C)c(N([C@H](C)C(=O)NC[C@H]2CCCO2)S(C)(=O)=O)c1. The van der Waals surface area contributed by atoms with Gasteiger partial charge in [-0.25, -0.2) is 8.42 Å². The van der Waals surface area contributed by atoms with E-state index in [2.05, 4.69) is 5.32 Å². The lowest BCUT2D eigenvalue weighted by Crippen LogP contribution is -2.49. The van der Waals surface area contributed by atoms with Gasteiger partial charge in [-0.3, -0.25) is 9.10 Å². The Morgan fingerprint density at radius 3 is 2.71 bits per heavy atom. The molecule has 0 aromatic heterocycles. The highest BCUT2D eigenvalue weighted by molar-refractivity contribution is 7.92. The lowest BCUT2D eigenvalue weighted by atomic mass is 10.1. The van der Waals surface area contributed by atoms with E-state index in [4.69, 9.17) is 4.74 Å². The van der Waals surface area contributed by atoms with Crippen molar-refractivity contribution in [1.29, 1.82) is 0 Å². The first kappa shape index (κ1) is 18.7. The summed E-state index contributed by atoms with van der Waals surface area (Å²) in [5.74, 6) is -0.322. The van der Waals surface area contributed by atoms with Crippen molar-refractivity contribution in [2.75, 3.05) is 23.7 Å². The Kier molecular flexibility index (Phi) is 5.87. The van der Waals surface area contributed by atoms with Crippen LogP contribution in [0.4, 0.5) is 5.69 Å². The summed E-state index contributed by atoms with van der Waals surface area (Å²) in [5.41, 5.74) is 2.29. The van der Waals surface area contributed by atoms with E-state index in [1.54, 1.807) is 13.0 Å². The number of hydrogen-bond acceptors (Lipinski definition) is 4. The molecule has 0 saturated carbocycles. The van der Waals surface area contributed by atoms with Crippen molar-refractivity contribution in [3.8, 4) is 0 Å². The molecule has 1 aliphatic rings. The van der Waals surface area contributed by atoms with Gasteiger partial charge in [0.25, 0.3) is 0 Å². The van der Waals surface area contributed by atoms with E-state index >= 15 is 0 Å². The molecule has 2 rings (SSSR count). The van der Waals surface area contributed by atoms with Crippen LogP contribution in [0.15, 0.2) is 18.2 Å². The minimum atomic E-state index is -3.60. The van der Waals surface area contributed by atoms with Gasteiger partial charge in [-0.1, -0.05) is 12.1 Å². The van der Waals surface area contributed by atoms with Crippen molar-refractivity contribution >= 4 is 21.6 Å². The van der Waals surface area contributed by atoms with Gasteiger partial charge in [0.2, 0.25) is 15.9 Å². The number of hydrogen-bond donors (Lipinski definition) is 1. The predicted molar refractivity (Wildman–Crippen MR) is 94.7 cm³/mol. The van der Waals surface area contributed by atoms with Crippen LogP contribution in [0, 0.1) is 13.8 Å². The number of amides is 1. The third-order valence-corrected chi connectivity index (χ3v) is 5.45. The molecule has 134 valence electrons. The highest BCUT2D eigenvalue weighted by Gasteiger charge is 2.30. The Morgan fingerprint density at radius 1 is 1.42 bits per heavy atom. The van der Waals surface area contributed by atoms with E-state index in [9.17, 15) is 13.2 Å². The second-order valence-corrected chi connectivity index (χ2v) is 8.26. The fraction of sp³-hybridized carbons (Fsp3) is 0.588. The molecule has 1 aromatic carbocycles. The standard InChI is InChI=1S/C17H26N2O4S/c1-12-7-8-13(2)16(10-12)19(24(4,21)22)14(3)17(20)18-11-15-6-5-9-23-15/h7-8,10,14-15H,5-6,9,11H2,1-4H3,(H,18,20)/t14-,15-/m1/s1. The van der Waals surface area contributed by atoms with Crippen molar-refractivity contribution in [3.63, 3.8) is 0 Å². The molecule has 1 heterocycles. The number of anilines is 1. The van der Waals surface area contributed by atoms with E-state index in [1.165, 1.54) is 4.31 Å². The molecule has 1 fully saturated rings. The van der Waals surface area contributed by atoms with Gasteiger partial charge in [0, 0.05) is 13.2 Å². The van der Waals surface area contributed by atoms with Gasteiger partial charge in [-0.05, 0) is 50.8 Å². The zero-order chi connectivity index (χ0) is 17.9. The van der Waals surface area contributed by atoms with Gasteiger partial charge in [-0.15, -0.1) is 0 Å². The van der Waals surface area contributed by atoms with E-state index in [0.717, 1.165) is 30.2 Å². The fourth-order valence-corrected chi connectivity index (χ4v) is 4.13. The zero-order valence-electron chi connectivity index (χ0n) is 14.7. The first-order valence-corrected chi connectivity index (χ1v) is 10.0. The summed E-state index contributed by atoms with van der Waals surface area (Å²) in [6.45, 7) is 6.46.